The maximum atomic E-state index is 13.4. The molecule has 1 heterocycles. The topological polar surface area (TPSA) is 55.8 Å². The van der Waals surface area contributed by atoms with Crippen LogP contribution in [0, 0.1) is 17.6 Å². The molecule has 1 aromatic rings. The summed E-state index contributed by atoms with van der Waals surface area (Å²) in [7, 11) is 0. The van der Waals surface area contributed by atoms with Crippen LogP contribution in [0.2, 0.25) is 0 Å². The molecule has 0 aromatic heterocycles. The largest absolute Gasteiger partial charge is 0.395 e. The molecule has 0 radical (unpaired) electrons. The molecule has 1 fully saturated rings. The van der Waals surface area contributed by atoms with Crippen LogP contribution in [0.15, 0.2) is 18.2 Å². The number of hydrogen-bond donors (Lipinski definition) is 2. The molecule has 2 rings (SSSR count). The van der Waals surface area contributed by atoms with Crippen LogP contribution in [-0.2, 0) is 0 Å². The fourth-order valence-corrected chi connectivity index (χ4v) is 3.04. The molecule has 0 spiro atoms. The molecule has 1 aromatic carbocycles. The number of benzene rings is 1. The Hall–Kier alpha value is -1.89. The molecule has 1 atom stereocenters. The third kappa shape index (κ3) is 5.56. The van der Waals surface area contributed by atoms with Crippen molar-refractivity contribution in [1.29, 1.82) is 0 Å². The van der Waals surface area contributed by atoms with E-state index in [1.54, 1.807) is 11.0 Å². The lowest BCUT2D eigenvalue weighted by Gasteiger charge is -2.23. The van der Waals surface area contributed by atoms with Gasteiger partial charge in [-0.1, -0.05) is 13.3 Å². The molecule has 1 saturated heterocycles. The molecule has 0 aliphatic carbocycles. The van der Waals surface area contributed by atoms with E-state index in [4.69, 9.17) is 5.11 Å². The molecule has 1 aliphatic heterocycles. The second kappa shape index (κ2) is 9.56. The number of aliphatic hydroxyl groups excluding tert-OH is 1. The van der Waals surface area contributed by atoms with Crippen molar-refractivity contribution in [2.75, 3.05) is 44.2 Å². The third-order valence-electron chi connectivity index (χ3n) is 4.53. The zero-order valence-corrected chi connectivity index (χ0v) is 14.7. The zero-order valence-electron chi connectivity index (χ0n) is 14.7. The van der Waals surface area contributed by atoms with Crippen molar-refractivity contribution in [2.45, 2.75) is 26.2 Å². The number of anilines is 1. The summed E-state index contributed by atoms with van der Waals surface area (Å²) in [5.41, 5.74) is 0.664. The predicted molar refractivity (Wildman–Crippen MR) is 93.6 cm³/mol. The first kappa shape index (κ1) is 19.4. The Labute approximate surface area is 147 Å². The van der Waals surface area contributed by atoms with Crippen LogP contribution in [0.25, 0.3) is 0 Å². The maximum Gasteiger partial charge on any atom is 0.317 e. The number of carbonyl (C=O) groups is 1. The first-order chi connectivity index (χ1) is 12.0. The van der Waals surface area contributed by atoms with Gasteiger partial charge in [-0.15, -0.1) is 0 Å². The molecule has 0 saturated carbocycles. The highest BCUT2D eigenvalue weighted by Gasteiger charge is 2.24. The Balaban J connectivity index is 1.81. The van der Waals surface area contributed by atoms with Crippen molar-refractivity contribution >= 4 is 11.7 Å². The highest BCUT2D eigenvalue weighted by molar-refractivity contribution is 5.74. The van der Waals surface area contributed by atoms with Crippen LogP contribution in [-0.4, -0.2) is 55.4 Å². The lowest BCUT2D eigenvalue weighted by molar-refractivity contribution is 0.175. The van der Waals surface area contributed by atoms with Crippen molar-refractivity contribution in [3.63, 3.8) is 0 Å². The molecule has 5 nitrogen and oxygen atoms in total. The third-order valence-corrected chi connectivity index (χ3v) is 4.53. The first-order valence-electron chi connectivity index (χ1n) is 8.88. The standard InChI is InChI=1S/C18H27F2N3O2/c1-2-3-7-22(9-10-24)18(25)21-12-14-6-8-23(13-14)15-4-5-16(19)17(20)11-15/h4-5,11,14,24H,2-3,6-10,12-13H2,1H3,(H,21,25). The summed E-state index contributed by atoms with van der Waals surface area (Å²) in [6.45, 7) is 4.95. The van der Waals surface area contributed by atoms with Crippen molar-refractivity contribution in [3.8, 4) is 0 Å². The fraction of sp³-hybridized carbons (Fsp3) is 0.611. The molecule has 0 bridgehead atoms. The van der Waals surface area contributed by atoms with Crippen LogP contribution in [0.1, 0.15) is 26.2 Å². The average Bonchev–Trinajstić information content (AvgIpc) is 3.08. The van der Waals surface area contributed by atoms with Crippen molar-refractivity contribution in [1.82, 2.24) is 10.2 Å². The van der Waals surface area contributed by atoms with Gasteiger partial charge in [-0.05, 0) is 30.9 Å². The van der Waals surface area contributed by atoms with E-state index in [-0.39, 0.29) is 18.6 Å². The van der Waals surface area contributed by atoms with E-state index in [2.05, 4.69) is 12.2 Å². The minimum Gasteiger partial charge on any atom is -0.395 e. The van der Waals surface area contributed by atoms with Gasteiger partial charge in [0, 0.05) is 44.5 Å². The van der Waals surface area contributed by atoms with Gasteiger partial charge >= 0.3 is 6.03 Å². The van der Waals surface area contributed by atoms with Gasteiger partial charge in [0.25, 0.3) is 0 Å². The summed E-state index contributed by atoms with van der Waals surface area (Å²) < 4.78 is 26.4. The average molecular weight is 355 g/mol. The van der Waals surface area contributed by atoms with Gasteiger partial charge in [0.05, 0.1) is 6.61 Å². The number of carbonyl (C=O) groups excluding carboxylic acids is 1. The van der Waals surface area contributed by atoms with Gasteiger partial charge < -0.3 is 20.2 Å². The van der Waals surface area contributed by atoms with Crippen LogP contribution in [0.4, 0.5) is 19.3 Å². The van der Waals surface area contributed by atoms with E-state index < -0.39 is 11.6 Å². The lowest BCUT2D eigenvalue weighted by Crippen LogP contribution is -2.43. The van der Waals surface area contributed by atoms with E-state index in [9.17, 15) is 13.6 Å². The minimum atomic E-state index is -0.845. The summed E-state index contributed by atoms with van der Waals surface area (Å²) in [5.74, 6) is -1.42. The Morgan fingerprint density at radius 1 is 1.36 bits per heavy atom. The maximum absolute atomic E-state index is 13.4. The fourth-order valence-electron chi connectivity index (χ4n) is 3.04. The van der Waals surface area contributed by atoms with Gasteiger partial charge in [0.1, 0.15) is 0 Å². The number of hydrogen-bond acceptors (Lipinski definition) is 3. The second-order valence-corrected chi connectivity index (χ2v) is 6.45. The molecule has 1 aliphatic rings. The summed E-state index contributed by atoms with van der Waals surface area (Å²) in [4.78, 5) is 15.9. The van der Waals surface area contributed by atoms with E-state index >= 15 is 0 Å². The molecular weight excluding hydrogens is 328 g/mol. The molecule has 140 valence electrons. The number of nitrogens with one attached hydrogen (secondary N) is 1. The minimum absolute atomic E-state index is 0.0511. The van der Waals surface area contributed by atoms with Gasteiger partial charge in [0.15, 0.2) is 11.6 Å². The summed E-state index contributed by atoms with van der Waals surface area (Å²) in [6.07, 6.45) is 2.77. The number of amides is 2. The van der Waals surface area contributed by atoms with Gasteiger partial charge in [-0.2, -0.15) is 0 Å². The van der Waals surface area contributed by atoms with E-state index in [1.807, 2.05) is 4.90 Å². The molecular formula is C18H27F2N3O2. The number of unbranched alkanes of at least 4 members (excludes halogenated alkanes) is 1. The van der Waals surface area contributed by atoms with E-state index in [0.29, 0.717) is 31.9 Å². The summed E-state index contributed by atoms with van der Waals surface area (Å²) in [5, 5.41) is 12.0. The van der Waals surface area contributed by atoms with Crippen LogP contribution in [0.5, 0.6) is 0 Å². The Kier molecular flexibility index (Phi) is 7.43. The van der Waals surface area contributed by atoms with Crippen LogP contribution in [0.3, 0.4) is 0 Å². The summed E-state index contributed by atoms with van der Waals surface area (Å²) >= 11 is 0. The highest BCUT2D eigenvalue weighted by Crippen LogP contribution is 2.25. The predicted octanol–water partition coefficient (Wildman–Crippen LogP) is 2.60. The van der Waals surface area contributed by atoms with Crippen molar-refractivity contribution < 1.29 is 18.7 Å². The Morgan fingerprint density at radius 2 is 2.16 bits per heavy atom. The SMILES string of the molecule is CCCCN(CCO)C(=O)NCC1CCN(c2ccc(F)c(F)c2)C1. The monoisotopic (exact) mass is 355 g/mol. The zero-order chi connectivity index (χ0) is 18.2. The second-order valence-electron chi connectivity index (χ2n) is 6.45. The Bertz CT molecular complexity index is 571. The Morgan fingerprint density at radius 3 is 2.84 bits per heavy atom. The van der Waals surface area contributed by atoms with E-state index in [0.717, 1.165) is 31.9 Å². The van der Waals surface area contributed by atoms with Crippen LogP contribution < -0.4 is 10.2 Å². The number of nitrogens with zero attached hydrogens (tertiary/aromatic N) is 2. The smallest absolute Gasteiger partial charge is 0.317 e. The molecule has 1 unspecified atom stereocenters. The molecule has 25 heavy (non-hydrogen) atoms. The highest BCUT2D eigenvalue weighted by atomic mass is 19.2. The van der Waals surface area contributed by atoms with Crippen molar-refractivity contribution in [3.05, 3.63) is 29.8 Å². The van der Waals surface area contributed by atoms with Crippen molar-refractivity contribution in [2.24, 2.45) is 5.92 Å². The number of aliphatic hydroxyl groups is 1. The number of rotatable bonds is 8. The quantitative estimate of drug-likeness (QED) is 0.754. The van der Waals surface area contributed by atoms with Gasteiger partial charge in [-0.3, -0.25) is 0 Å². The van der Waals surface area contributed by atoms with Gasteiger partial charge in [-0.25, -0.2) is 13.6 Å². The summed E-state index contributed by atoms with van der Waals surface area (Å²) in [6, 6.07) is 3.77. The molecule has 2 N–H and O–H groups in total. The van der Waals surface area contributed by atoms with Gasteiger partial charge in [0.2, 0.25) is 0 Å². The van der Waals surface area contributed by atoms with Crippen LogP contribution >= 0.6 is 0 Å². The van der Waals surface area contributed by atoms with E-state index in [1.165, 1.54) is 6.07 Å². The normalized spacial score (nSPS) is 17.0. The number of halogens is 2. The molecule has 7 heteroatoms. The molecule has 2 amide bonds. The first-order valence-corrected chi connectivity index (χ1v) is 8.88. The number of urea groups is 1. The lowest BCUT2D eigenvalue weighted by atomic mass is 10.1.